The molecular formula is C17H13FN2O2. The molecule has 4 nitrogen and oxygen atoms in total. The molecular weight excluding hydrogens is 283 g/mol. The van der Waals surface area contributed by atoms with Gasteiger partial charge in [0.1, 0.15) is 11.3 Å². The van der Waals surface area contributed by atoms with E-state index in [1.54, 1.807) is 17.0 Å². The molecule has 5 heteroatoms. The Hall–Kier alpha value is -2.69. The molecule has 4 rings (SSSR count). The Morgan fingerprint density at radius 2 is 2.05 bits per heavy atom. The summed E-state index contributed by atoms with van der Waals surface area (Å²) in [7, 11) is 0. The molecule has 1 saturated heterocycles. The van der Waals surface area contributed by atoms with Gasteiger partial charge in [-0.15, -0.1) is 0 Å². The Labute approximate surface area is 126 Å². The third-order valence-corrected chi connectivity index (χ3v) is 3.90. The molecule has 1 fully saturated rings. The van der Waals surface area contributed by atoms with Crippen LogP contribution in [-0.2, 0) is 4.79 Å². The highest BCUT2D eigenvalue weighted by Gasteiger charge is 2.34. The van der Waals surface area contributed by atoms with Gasteiger partial charge in [0, 0.05) is 18.7 Å². The Morgan fingerprint density at radius 1 is 1.18 bits per heavy atom. The largest absolute Gasteiger partial charge is 0.440 e. The molecule has 2 aromatic carbocycles. The van der Waals surface area contributed by atoms with Crippen LogP contribution < -0.4 is 4.90 Å². The van der Waals surface area contributed by atoms with Gasteiger partial charge in [0.2, 0.25) is 11.8 Å². The SMILES string of the molecule is O=C1CC(c2nc3ccccc3o2)CN1c1cccc(F)c1. The van der Waals surface area contributed by atoms with Crippen molar-refractivity contribution in [1.29, 1.82) is 0 Å². The fraction of sp³-hybridized carbons (Fsp3) is 0.176. The van der Waals surface area contributed by atoms with Crippen LogP contribution in [0.3, 0.4) is 0 Å². The average Bonchev–Trinajstić information content (AvgIpc) is 3.10. The van der Waals surface area contributed by atoms with Crippen molar-refractivity contribution in [3.05, 3.63) is 60.2 Å². The predicted molar refractivity (Wildman–Crippen MR) is 80.1 cm³/mol. The van der Waals surface area contributed by atoms with Crippen LogP contribution in [0.4, 0.5) is 10.1 Å². The summed E-state index contributed by atoms with van der Waals surface area (Å²) in [5.41, 5.74) is 2.08. The van der Waals surface area contributed by atoms with Crippen molar-refractivity contribution in [3.63, 3.8) is 0 Å². The minimum Gasteiger partial charge on any atom is -0.440 e. The van der Waals surface area contributed by atoms with Gasteiger partial charge in [-0.25, -0.2) is 9.37 Å². The predicted octanol–water partition coefficient (Wildman–Crippen LogP) is 3.49. The minimum absolute atomic E-state index is 0.0437. The van der Waals surface area contributed by atoms with Gasteiger partial charge in [-0.1, -0.05) is 18.2 Å². The first-order valence-electron chi connectivity index (χ1n) is 7.12. The summed E-state index contributed by atoms with van der Waals surface area (Å²) >= 11 is 0. The van der Waals surface area contributed by atoms with E-state index in [1.165, 1.54) is 12.1 Å². The van der Waals surface area contributed by atoms with Crippen molar-refractivity contribution in [1.82, 2.24) is 4.98 Å². The maximum Gasteiger partial charge on any atom is 0.227 e. The topological polar surface area (TPSA) is 46.3 Å². The van der Waals surface area contributed by atoms with Crippen LogP contribution in [0.25, 0.3) is 11.1 Å². The number of anilines is 1. The number of carbonyl (C=O) groups is 1. The first-order valence-corrected chi connectivity index (χ1v) is 7.12. The second kappa shape index (κ2) is 4.94. The van der Waals surface area contributed by atoms with E-state index in [-0.39, 0.29) is 17.6 Å². The van der Waals surface area contributed by atoms with Crippen molar-refractivity contribution in [3.8, 4) is 0 Å². The number of aromatic nitrogens is 1. The van der Waals surface area contributed by atoms with Gasteiger partial charge in [-0.2, -0.15) is 0 Å². The van der Waals surface area contributed by atoms with E-state index in [1.807, 2.05) is 24.3 Å². The molecule has 0 radical (unpaired) electrons. The fourth-order valence-electron chi connectivity index (χ4n) is 2.83. The van der Waals surface area contributed by atoms with Gasteiger partial charge in [-0.05, 0) is 30.3 Å². The molecule has 0 spiro atoms. The Balaban J connectivity index is 1.64. The zero-order valence-corrected chi connectivity index (χ0v) is 11.7. The Bertz CT molecular complexity index is 825. The van der Waals surface area contributed by atoms with E-state index in [9.17, 15) is 9.18 Å². The first kappa shape index (κ1) is 13.0. The van der Waals surface area contributed by atoms with Gasteiger partial charge in [0.15, 0.2) is 5.58 Å². The number of nitrogens with zero attached hydrogens (tertiary/aromatic N) is 2. The van der Waals surface area contributed by atoms with E-state index < -0.39 is 0 Å². The zero-order chi connectivity index (χ0) is 15.1. The summed E-state index contributed by atoms with van der Waals surface area (Å²) in [4.78, 5) is 18.3. The van der Waals surface area contributed by atoms with Crippen LogP contribution in [0.5, 0.6) is 0 Å². The smallest absolute Gasteiger partial charge is 0.227 e. The number of amides is 1. The lowest BCUT2D eigenvalue weighted by molar-refractivity contribution is -0.117. The van der Waals surface area contributed by atoms with Gasteiger partial charge >= 0.3 is 0 Å². The second-order valence-corrected chi connectivity index (χ2v) is 5.41. The first-order chi connectivity index (χ1) is 10.7. The van der Waals surface area contributed by atoms with Crippen molar-refractivity contribution in [2.75, 3.05) is 11.4 Å². The summed E-state index contributed by atoms with van der Waals surface area (Å²) in [5, 5.41) is 0. The molecule has 22 heavy (non-hydrogen) atoms. The molecule has 0 bridgehead atoms. The summed E-state index contributed by atoms with van der Waals surface area (Å²) in [6.45, 7) is 0.453. The van der Waals surface area contributed by atoms with Crippen molar-refractivity contribution >= 4 is 22.7 Å². The Morgan fingerprint density at radius 3 is 2.86 bits per heavy atom. The van der Waals surface area contributed by atoms with E-state index in [4.69, 9.17) is 4.42 Å². The number of rotatable bonds is 2. The molecule has 1 aliphatic heterocycles. The van der Waals surface area contributed by atoms with E-state index >= 15 is 0 Å². The van der Waals surface area contributed by atoms with E-state index in [2.05, 4.69) is 4.98 Å². The fourth-order valence-corrected chi connectivity index (χ4v) is 2.83. The quantitative estimate of drug-likeness (QED) is 0.727. The molecule has 1 aliphatic rings. The monoisotopic (exact) mass is 296 g/mol. The number of hydrogen-bond donors (Lipinski definition) is 0. The van der Waals surface area contributed by atoms with Crippen molar-refractivity contribution < 1.29 is 13.6 Å². The Kier molecular flexibility index (Phi) is 2.92. The number of benzene rings is 2. The van der Waals surface area contributed by atoms with Crippen LogP contribution in [0.1, 0.15) is 18.2 Å². The molecule has 0 saturated carbocycles. The molecule has 0 aliphatic carbocycles. The van der Waals surface area contributed by atoms with Crippen LogP contribution in [0, 0.1) is 5.82 Å². The number of halogens is 1. The summed E-state index contributed by atoms with van der Waals surface area (Å²) < 4.78 is 19.1. The second-order valence-electron chi connectivity index (χ2n) is 5.41. The van der Waals surface area contributed by atoms with Crippen LogP contribution >= 0.6 is 0 Å². The third kappa shape index (κ3) is 2.15. The average molecular weight is 296 g/mol. The molecule has 0 N–H and O–H groups in total. The third-order valence-electron chi connectivity index (χ3n) is 3.90. The summed E-state index contributed by atoms with van der Waals surface area (Å²) in [6, 6.07) is 13.6. The van der Waals surface area contributed by atoms with E-state index in [0.29, 0.717) is 30.1 Å². The maximum atomic E-state index is 13.3. The minimum atomic E-state index is -0.351. The van der Waals surface area contributed by atoms with Gasteiger partial charge in [-0.3, -0.25) is 4.79 Å². The molecule has 1 amide bonds. The molecule has 2 heterocycles. The highest BCUT2D eigenvalue weighted by atomic mass is 19.1. The lowest BCUT2D eigenvalue weighted by Gasteiger charge is -2.16. The summed E-state index contributed by atoms with van der Waals surface area (Å²) in [5.74, 6) is 0.0603. The van der Waals surface area contributed by atoms with Gasteiger partial charge < -0.3 is 9.32 Å². The zero-order valence-electron chi connectivity index (χ0n) is 11.7. The number of fused-ring (bicyclic) bond motifs is 1. The lowest BCUT2D eigenvalue weighted by atomic mass is 10.1. The highest BCUT2D eigenvalue weighted by molar-refractivity contribution is 5.96. The summed E-state index contributed by atoms with van der Waals surface area (Å²) in [6.07, 6.45) is 0.323. The van der Waals surface area contributed by atoms with E-state index in [0.717, 1.165) is 5.52 Å². The number of hydrogen-bond acceptors (Lipinski definition) is 3. The number of oxazole rings is 1. The van der Waals surface area contributed by atoms with Gasteiger partial charge in [0.05, 0.1) is 5.92 Å². The highest BCUT2D eigenvalue weighted by Crippen LogP contribution is 2.33. The number of para-hydroxylation sites is 2. The molecule has 1 unspecified atom stereocenters. The van der Waals surface area contributed by atoms with Crippen molar-refractivity contribution in [2.24, 2.45) is 0 Å². The van der Waals surface area contributed by atoms with Crippen LogP contribution in [0.15, 0.2) is 52.9 Å². The molecule has 1 atom stereocenters. The van der Waals surface area contributed by atoms with Gasteiger partial charge in [0.25, 0.3) is 0 Å². The standard InChI is InChI=1S/C17H13FN2O2/c18-12-4-3-5-13(9-12)20-10-11(8-16(20)21)17-19-14-6-1-2-7-15(14)22-17/h1-7,9,11H,8,10H2. The van der Waals surface area contributed by atoms with Crippen LogP contribution in [-0.4, -0.2) is 17.4 Å². The lowest BCUT2D eigenvalue weighted by Crippen LogP contribution is -2.24. The number of carbonyl (C=O) groups excluding carboxylic acids is 1. The molecule has 110 valence electrons. The normalized spacial score (nSPS) is 18.3. The molecule has 1 aromatic heterocycles. The van der Waals surface area contributed by atoms with Crippen molar-refractivity contribution in [2.45, 2.75) is 12.3 Å². The van der Waals surface area contributed by atoms with Crippen LogP contribution in [0.2, 0.25) is 0 Å². The molecule has 3 aromatic rings. The maximum absolute atomic E-state index is 13.3.